The smallest absolute Gasteiger partial charge is 0.0151 e. The molecule has 0 spiro atoms. The van der Waals surface area contributed by atoms with Crippen LogP contribution in [0.2, 0.25) is 0 Å². The molecule has 0 fully saturated rings. The zero-order valence-corrected chi connectivity index (χ0v) is 11.3. The van der Waals surface area contributed by atoms with Crippen LogP contribution in [0.5, 0.6) is 0 Å². The Labute approximate surface area is 108 Å². The highest BCUT2D eigenvalue weighted by molar-refractivity contribution is 8.03. The predicted octanol–water partition coefficient (Wildman–Crippen LogP) is 5.29. The molecule has 0 heterocycles. The monoisotopic (exact) mass is 242 g/mol. The van der Waals surface area contributed by atoms with Crippen molar-refractivity contribution >= 4 is 11.8 Å². The third kappa shape index (κ3) is 4.12. The van der Waals surface area contributed by atoms with Crippen LogP contribution in [0.4, 0.5) is 0 Å². The fraction of sp³-hybridized carbons (Fsp3) is 0.125. The van der Waals surface area contributed by atoms with Gasteiger partial charge in [0.2, 0.25) is 0 Å². The van der Waals surface area contributed by atoms with Crippen molar-refractivity contribution in [2.75, 3.05) is 0 Å². The summed E-state index contributed by atoms with van der Waals surface area (Å²) in [4.78, 5) is 2.48. The molecule has 0 nitrogen and oxygen atoms in total. The van der Waals surface area contributed by atoms with E-state index in [1.807, 2.05) is 24.3 Å². The standard InChI is InChI=1S/C16H18S/c1-5-9-13(3)15(10-6-2)17-16-12-8-7-11-14(16)4/h5-12H,1-2H2,3-4H3/b13-9-,15-10+. The molecule has 0 aromatic heterocycles. The lowest BCUT2D eigenvalue weighted by Gasteiger charge is -2.09. The first kappa shape index (κ1) is 13.6. The summed E-state index contributed by atoms with van der Waals surface area (Å²) in [5.74, 6) is 0. The van der Waals surface area contributed by atoms with Crippen molar-refractivity contribution in [3.8, 4) is 0 Å². The van der Waals surface area contributed by atoms with E-state index in [4.69, 9.17) is 0 Å². The van der Waals surface area contributed by atoms with Crippen molar-refractivity contribution < 1.29 is 0 Å². The van der Waals surface area contributed by atoms with E-state index in [1.54, 1.807) is 11.8 Å². The highest BCUT2D eigenvalue weighted by Gasteiger charge is 2.04. The van der Waals surface area contributed by atoms with Crippen LogP contribution in [0.25, 0.3) is 0 Å². The van der Waals surface area contributed by atoms with E-state index in [-0.39, 0.29) is 0 Å². The molecule has 0 amide bonds. The number of allylic oxidation sites excluding steroid dienone is 5. The van der Waals surface area contributed by atoms with Gasteiger partial charge in [-0.25, -0.2) is 0 Å². The summed E-state index contributed by atoms with van der Waals surface area (Å²) < 4.78 is 0. The Bertz CT molecular complexity index is 464. The third-order valence-corrected chi connectivity index (χ3v) is 3.70. The lowest BCUT2D eigenvalue weighted by Crippen LogP contribution is -1.83. The quantitative estimate of drug-likeness (QED) is 0.499. The zero-order chi connectivity index (χ0) is 12.7. The van der Waals surface area contributed by atoms with Gasteiger partial charge in [0.15, 0.2) is 0 Å². The van der Waals surface area contributed by atoms with E-state index in [9.17, 15) is 0 Å². The second kappa shape index (κ2) is 6.97. The van der Waals surface area contributed by atoms with Gasteiger partial charge in [0.05, 0.1) is 0 Å². The summed E-state index contributed by atoms with van der Waals surface area (Å²) in [5.41, 5.74) is 2.49. The van der Waals surface area contributed by atoms with Crippen molar-refractivity contribution in [3.05, 3.63) is 77.8 Å². The van der Waals surface area contributed by atoms with Gasteiger partial charge in [0.25, 0.3) is 0 Å². The van der Waals surface area contributed by atoms with Gasteiger partial charge in [-0.05, 0) is 37.1 Å². The Hall–Kier alpha value is -1.47. The van der Waals surface area contributed by atoms with Gasteiger partial charge >= 0.3 is 0 Å². The van der Waals surface area contributed by atoms with Crippen LogP contribution in [-0.4, -0.2) is 0 Å². The minimum Gasteiger partial charge on any atom is -0.0991 e. The van der Waals surface area contributed by atoms with Crippen molar-refractivity contribution in [2.24, 2.45) is 0 Å². The SMILES string of the molecule is C=C/C=C(C)\C(=C/C=C)Sc1ccccc1C. The molecule has 0 aliphatic heterocycles. The third-order valence-electron chi connectivity index (χ3n) is 2.34. The summed E-state index contributed by atoms with van der Waals surface area (Å²) in [7, 11) is 0. The Balaban J connectivity index is 3.00. The number of hydrogen-bond donors (Lipinski definition) is 0. The molecular formula is C16H18S. The van der Waals surface area contributed by atoms with Gasteiger partial charge in [-0.3, -0.25) is 0 Å². The molecule has 0 atom stereocenters. The summed E-state index contributed by atoms with van der Waals surface area (Å²) >= 11 is 1.76. The van der Waals surface area contributed by atoms with Crippen molar-refractivity contribution in [2.45, 2.75) is 18.7 Å². The van der Waals surface area contributed by atoms with Crippen LogP contribution >= 0.6 is 11.8 Å². The largest absolute Gasteiger partial charge is 0.0991 e. The molecule has 0 saturated heterocycles. The van der Waals surface area contributed by atoms with Gasteiger partial charge in [0.1, 0.15) is 0 Å². The first-order chi connectivity index (χ1) is 8.19. The normalized spacial score (nSPS) is 12.4. The van der Waals surface area contributed by atoms with Crippen molar-refractivity contribution in [1.29, 1.82) is 0 Å². The second-order valence-corrected chi connectivity index (χ2v) is 4.80. The van der Waals surface area contributed by atoms with E-state index >= 15 is 0 Å². The molecule has 0 unspecified atom stereocenters. The summed E-state index contributed by atoms with van der Waals surface area (Å²) in [6.07, 6.45) is 7.68. The summed E-state index contributed by atoms with van der Waals surface area (Å²) in [6.45, 7) is 11.7. The number of hydrogen-bond acceptors (Lipinski definition) is 1. The maximum absolute atomic E-state index is 3.76. The fourth-order valence-electron chi connectivity index (χ4n) is 1.40. The van der Waals surface area contributed by atoms with Gasteiger partial charge < -0.3 is 0 Å². The molecule has 0 bridgehead atoms. The van der Waals surface area contributed by atoms with E-state index in [0.29, 0.717) is 0 Å². The first-order valence-corrected chi connectivity index (χ1v) is 6.36. The van der Waals surface area contributed by atoms with Crippen molar-refractivity contribution in [1.82, 2.24) is 0 Å². The van der Waals surface area contributed by atoms with Crippen LogP contribution in [0, 0.1) is 6.92 Å². The van der Waals surface area contributed by atoms with Crippen molar-refractivity contribution in [3.63, 3.8) is 0 Å². The molecule has 0 N–H and O–H groups in total. The van der Waals surface area contributed by atoms with E-state index < -0.39 is 0 Å². The van der Waals surface area contributed by atoms with E-state index in [1.165, 1.54) is 20.9 Å². The Morgan fingerprint density at radius 2 is 1.76 bits per heavy atom. The lowest BCUT2D eigenvalue weighted by atomic mass is 10.2. The molecule has 1 aromatic rings. The maximum Gasteiger partial charge on any atom is 0.0151 e. The lowest BCUT2D eigenvalue weighted by molar-refractivity contribution is 1.30. The Kier molecular flexibility index (Phi) is 5.58. The molecule has 0 aliphatic carbocycles. The molecule has 1 rings (SSSR count). The molecule has 17 heavy (non-hydrogen) atoms. The summed E-state index contributed by atoms with van der Waals surface area (Å²) in [6, 6.07) is 8.38. The minimum atomic E-state index is 1.20. The highest BCUT2D eigenvalue weighted by atomic mass is 32.2. The molecule has 0 aliphatic rings. The maximum atomic E-state index is 3.76. The van der Waals surface area contributed by atoms with Crippen LogP contribution in [-0.2, 0) is 0 Å². The average Bonchev–Trinajstić information content (AvgIpc) is 2.31. The number of aryl methyl sites for hydroxylation is 1. The number of benzene rings is 1. The highest BCUT2D eigenvalue weighted by Crippen LogP contribution is 2.33. The molecule has 0 radical (unpaired) electrons. The molecule has 88 valence electrons. The minimum absolute atomic E-state index is 1.20. The van der Waals surface area contributed by atoms with Crippen LogP contribution in [0.3, 0.4) is 0 Å². The Morgan fingerprint density at radius 1 is 1.12 bits per heavy atom. The van der Waals surface area contributed by atoms with Gasteiger partial charge in [-0.15, -0.1) is 0 Å². The summed E-state index contributed by atoms with van der Waals surface area (Å²) in [5, 5.41) is 0. The van der Waals surface area contributed by atoms with Gasteiger partial charge in [-0.1, -0.05) is 61.3 Å². The zero-order valence-electron chi connectivity index (χ0n) is 10.4. The molecule has 1 aromatic carbocycles. The predicted molar refractivity (Wildman–Crippen MR) is 79.3 cm³/mol. The number of thioether (sulfide) groups is 1. The Morgan fingerprint density at radius 3 is 2.35 bits per heavy atom. The topological polar surface area (TPSA) is 0 Å². The second-order valence-electron chi connectivity index (χ2n) is 3.72. The van der Waals surface area contributed by atoms with Crippen LogP contribution in [0.1, 0.15) is 12.5 Å². The number of rotatable bonds is 5. The van der Waals surface area contributed by atoms with Gasteiger partial charge in [-0.2, -0.15) is 0 Å². The fourth-order valence-corrected chi connectivity index (χ4v) is 2.41. The van der Waals surface area contributed by atoms with Gasteiger partial charge in [0, 0.05) is 9.80 Å². The molecule has 1 heteroatoms. The average molecular weight is 242 g/mol. The first-order valence-electron chi connectivity index (χ1n) is 5.55. The van der Waals surface area contributed by atoms with Crippen LogP contribution in [0.15, 0.2) is 77.1 Å². The molecular weight excluding hydrogens is 224 g/mol. The van der Waals surface area contributed by atoms with E-state index in [0.717, 1.165) is 0 Å². The van der Waals surface area contributed by atoms with Crippen LogP contribution < -0.4 is 0 Å². The molecule has 0 saturated carbocycles. The van der Waals surface area contributed by atoms with E-state index in [2.05, 4.69) is 51.3 Å².